The number of hydrogen-bond acceptors (Lipinski definition) is 3. The van der Waals surface area contributed by atoms with Gasteiger partial charge in [0.2, 0.25) is 0 Å². The normalized spacial score (nSPS) is 10.6. The van der Waals surface area contributed by atoms with Crippen LogP contribution in [0.4, 0.5) is 0 Å². The molecule has 0 aromatic carbocycles. The quantitative estimate of drug-likeness (QED) is 0.563. The number of hydrogen-bond donors (Lipinski definition) is 1. The van der Waals surface area contributed by atoms with Gasteiger partial charge in [-0.1, -0.05) is 6.92 Å². The molecule has 0 amide bonds. The number of nitrogens with one attached hydrogen (secondary N) is 1. The van der Waals surface area contributed by atoms with Gasteiger partial charge in [-0.05, 0) is 38.3 Å². The zero-order valence-electron chi connectivity index (χ0n) is 8.30. The Morgan fingerprint density at radius 1 is 1.54 bits per heavy atom. The molecule has 0 aliphatic rings. The van der Waals surface area contributed by atoms with Crippen molar-refractivity contribution in [2.75, 3.05) is 18.8 Å². The molecule has 3 heteroatoms. The predicted molar refractivity (Wildman–Crippen MR) is 57.3 cm³/mol. The lowest BCUT2D eigenvalue weighted by Crippen LogP contribution is -2.14. The van der Waals surface area contributed by atoms with Crippen molar-refractivity contribution in [2.24, 2.45) is 0 Å². The number of thioether (sulfide) groups is 1. The Morgan fingerprint density at radius 2 is 2.38 bits per heavy atom. The summed E-state index contributed by atoms with van der Waals surface area (Å²) in [7, 11) is 0. The topological polar surface area (TPSA) is 25.2 Å². The smallest absolute Gasteiger partial charge is 0.114 e. The number of furan rings is 1. The van der Waals surface area contributed by atoms with Gasteiger partial charge in [0.15, 0.2) is 0 Å². The molecule has 0 radical (unpaired) electrons. The van der Waals surface area contributed by atoms with E-state index in [0.717, 1.165) is 24.6 Å². The molecule has 0 aliphatic heterocycles. The van der Waals surface area contributed by atoms with Gasteiger partial charge in [-0.3, -0.25) is 0 Å². The Morgan fingerprint density at radius 3 is 3.00 bits per heavy atom. The maximum atomic E-state index is 5.21. The maximum Gasteiger partial charge on any atom is 0.114 e. The highest BCUT2D eigenvalue weighted by molar-refractivity contribution is 7.99. The van der Waals surface area contributed by atoms with E-state index in [2.05, 4.69) is 12.2 Å². The summed E-state index contributed by atoms with van der Waals surface area (Å²) in [6, 6.07) is 2.03. The van der Waals surface area contributed by atoms with E-state index in [-0.39, 0.29) is 0 Å². The van der Waals surface area contributed by atoms with Gasteiger partial charge in [-0.15, -0.1) is 11.8 Å². The summed E-state index contributed by atoms with van der Waals surface area (Å²) in [6.45, 7) is 6.32. The first-order valence-corrected chi connectivity index (χ1v) is 5.70. The van der Waals surface area contributed by atoms with Gasteiger partial charge >= 0.3 is 0 Å². The second-order valence-electron chi connectivity index (χ2n) is 2.90. The molecule has 1 heterocycles. The summed E-state index contributed by atoms with van der Waals surface area (Å²) < 4.78 is 5.21. The second-order valence-corrected chi connectivity index (χ2v) is 4.03. The van der Waals surface area contributed by atoms with Crippen molar-refractivity contribution < 1.29 is 4.42 Å². The molecule has 1 rings (SSSR count). The van der Waals surface area contributed by atoms with Gasteiger partial charge in [0.25, 0.3) is 0 Å². The average Bonchev–Trinajstić information content (AvgIpc) is 2.52. The molecule has 0 atom stereocenters. The van der Waals surface area contributed by atoms with E-state index < -0.39 is 0 Å². The van der Waals surface area contributed by atoms with Crippen LogP contribution in [0.2, 0.25) is 0 Å². The largest absolute Gasteiger partial charge is 0.468 e. The van der Waals surface area contributed by atoms with E-state index in [1.165, 1.54) is 11.3 Å². The molecule has 13 heavy (non-hydrogen) atoms. The van der Waals surface area contributed by atoms with Crippen LogP contribution in [0.5, 0.6) is 0 Å². The second kappa shape index (κ2) is 6.11. The molecular weight excluding hydrogens is 182 g/mol. The highest BCUT2D eigenvalue weighted by Gasteiger charge is 2.00. The summed E-state index contributed by atoms with van der Waals surface area (Å²) in [5, 5.41) is 3.31. The first-order chi connectivity index (χ1) is 6.34. The van der Waals surface area contributed by atoms with Gasteiger partial charge in [0.1, 0.15) is 5.76 Å². The molecule has 0 fully saturated rings. The minimum atomic E-state index is 1.04. The van der Waals surface area contributed by atoms with E-state index >= 15 is 0 Å². The van der Waals surface area contributed by atoms with Crippen molar-refractivity contribution in [2.45, 2.75) is 25.2 Å². The van der Waals surface area contributed by atoms with Crippen LogP contribution in [-0.2, 0) is 0 Å². The Hall–Kier alpha value is -0.410. The van der Waals surface area contributed by atoms with Crippen LogP contribution < -0.4 is 5.32 Å². The van der Waals surface area contributed by atoms with Gasteiger partial charge in [0.05, 0.1) is 6.26 Å². The van der Waals surface area contributed by atoms with E-state index in [1.807, 2.05) is 24.8 Å². The first-order valence-electron chi connectivity index (χ1n) is 4.72. The highest BCUT2D eigenvalue weighted by Crippen LogP contribution is 2.23. The molecule has 1 aromatic heterocycles. The fourth-order valence-electron chi connectivity index (χ4n) is 1.08. The number of rotatable bonds is 6. The molecule has 1 N–H and O–H groups in total. The van der Waals surface area contributed by atoms with Gasteiger partial charge < -0.3 is 9.73 Å². The van der Waals surface area contributed by atoms with E-state index in [0.29, 0.717) is 0 Å². The van der Waals surface area contributed by atoms with Crippen LogP contribution in [0.3, 0.4) is 0 Å². The minimum Gasteiger partial charge on any atom is -0.468 e. The van der Waals surface area contributed by atoms with Crippen molar-refractivity contribution in [3.05, 3.63) is 18.1 Å². The third kappa shape index (κ3) is 3.87. The zero-order chi connectivity index (χ0) is 9.52. The van der Waals surface area contributed by atoms with Crippen LogP contribution >= 0.6 is 11.8 Å². The summed E-state index contributed by atoms with van der Waals surface area (Å²) in [5.41, 5.74) is 0. The van der Waals surface area contributed by atoms with Crippen molar-refractivity contribution >= 4 is 11.8 Å². The summed E-state index contributed by atoms with van der Waals surface area (Å²) >= 11 is 1.87. The Bertz CT molecular complexity index is 235. The molecule has 74 valence electrons. The van der Waals surface area contributed by atoms with Crippen LogP contribution in [0.1, 0.15) is 19.1 Å². The minimum absolute atomic E-state index is 1.04. The van der Waals surface area contributed by atoms with E-state index in [9.17, 15) is 0 Å². The lowest BCUT2D eigenvalue weighted by atomic mass is 10.5. The highest BCUT2D eigenvalue weighted by atomic mass is 32.2. The Labute approximate surface area is 84.1 Å². The third-order valence-corrected chi connectivity index (χ3v) is 3.04. The zero-order valence-corrected chi connectivity index (χ0v) is 9.12. The molecule has 0 aliphatic carbocycles. The maximum absolute atomic E-state index is 5.21. The third-order valence-electron chi connectivity index (χ3n) is 1.82. The lowest BCUT2D eigenvalue weighted by Gasteiger charge is -2.00. The van der Waals surface area contributed by atoms with Gasteiger partial charge in [-0.2, -0.15) is 0 Å². The van der Waals surface area contributed by atoms with Crippen molar-refractivity contribution in [1.29, 1.82) is 0 Å². The predicted octanol–water partition coefficient (Wildman–Crippen LogP) is 2.68. The van der Waals surface area contributed by atoms with Crippen LogP contribution in [-0.4, -0.2) is 18.8 Å². The summed E-state index contributed by atoms with van der Waals surface area (Å²) in [6.07, 6.45) is 2.96. The molecular formula is C10H17NOS. The molecule has 0 saturated carbocycles. The van der Waals surface area contributed by atoms with Gasteiger partial charge in [0, 0.05) is 4.90 Å². The molecule has 0 saturated heterocycles. The van der Waals surface area contributed by atoms with Crippen molar-refractivity contribution in [3.63, 3.8) is 0 Å². The average molecular weight is 199 g/mol. The Kier molecular flexibility index (Phi) is 5.01. The SMILES string of the molecule is CCNCCCSc1ccoc1C. The summed E-state index contributed by atoms with van der Waals surface area (Å²) in [4.78, 5) is 1.27. The lowest BCUT2D eigenvalue weighted by molar-refractivity contribution is 0.527. The molecule has 1 aromatic rings. The first kappa shape index (κ1) is 10.7. The van der Waals surface area contributed by atoms with Crippen LogP contribution in [0, 0.1) is 6.92 Å². The fraction of sp³-hybridized carbons (Fsp3) is 0.600. The van der Waals surface area contributed by atoms with E-state index in [4.69, 9.17) is 4.42 Å². The monoisotopic (exact) mass is 199 g/mol. The summed E-state index contributed by atoms with van der Waals surface area (Å²) in [5.74, 6) is 2.20. The Balaban J connectivity index is 2.10. The van der Waals surface area contributed by atoms with Crippen LogP contribution in [0.25, 0.3) is 0 Å². The van der Waals surface area contributed by atoms with Crippen molar-refractivity contribution in [3.8, 4) is 0 Å². The molecule has 0 spiro atoms. The van der Waals surface area contributed by atoms with Crippen LogP contribution in [0.15, 0.2) is 21.6 Å². The van der Waals surface area contributed by atoms with E-state index in [1.54, 1.807) is 6.26 Å². The number of aryl methyl sites for hydroxylation is 1. The fourth-order valence-corrected chi connectivity index (χ4v) is 1.99. The molecule has 2 nitrogen and oxygen atoms in total. The van der Waals surface area contributed by atoms with Gasteiger partial charge in [-0.25, -0.2) is 0 Å². The standard InChI is InChI=1S/C10H17NOS/c1-3-11-6-4-8-13-10-5-7-12-9(10)2/h5,7,11H,3-4,6,8H2,1-2H3. The molecule has 0 bridgehead atoms. The molecule has 0 unspecified atom stereocenters. The van der Waals surface area contributed by atoms with Crippen molar-refractivity contribution in [1.82, 2.24) is 5.32 Å².